The maximum atomic E-state index is 5.82. The van der Waals surface area contributed by atoms with E-state index in [0.717, 1.165) is 6.54 Å². The van der Waals surface area contributed by atoms with E-state index in [9.17, 15) is 0 Å². The van der Waals surface area contributed by atoms with E-state index in [1.807, 2.05) is 0 Å². The van der Waals surface area contributed by atoms with E-state index in [2.05, 4.69) is 79.4 Å². The maximum Gasteiger partial charge on any atom is 0.0326 e. The molecular formula is C18H24N2. The molecule has 0 spiro atoms. The molecule has 0 bridgehead atoms. The predicted octanol–water partition coefficient (Wildman–Crippen LogP) is 3.77. The second-order valence-electron chi connectivity index (χ2n) is 5.20. The number of hydrogen-bond acceptors (Lipinski definition) is 2. The summed E-state index contributed by atoms with van der Waals surface area (Å²) in [5, 5.41) is 0. The number of rotatable bonds is 6. The highest BCUT2D eigenvalue weighted by Gasteiger charge is 2.21. The van der Waals surface area contributed by atoms with Crippen LogP contribution in [0.15, 0.2) is 60.7 Å². The Hall–Kier alpha value is -1.64. The molecule has 0 saturated heterocycles. The molecule has 0 unspecified atom stereocenters. The molecule has 2 aromatic rings. The summed E-state index contributed by atoms with van der Waals surface area (Å²) in [5.41, 5.74) is 8.49. The molecule has 20 heavy (non-hydrogen) atoms. The molecule has 106 valence electrons. The molecule has 2 atom stereocenters. The van der Waals surface area contributed by atoms with Gasteiger partial charge in [-0.05, 0) is 25.0 Å². The summed E-state index contributed by atoms with van der Waals surface area (Å²) in [6.07, 6.45) is 0. The third-order valence-electron chi connectivity index (χ3n) is 3.95. The monoisotopic (exact) mass is 268 g/mol. The van der Waals surface area contributed by atoms with Gasteiger partial charge in [-0.25, -0.2) is 0 Å². The predicted molar refractivity (Wildman–Crippen MR) is 85.5 cm³/mol. The highest BCUT2D eigenvalue weighted by molar-refractivity contribution is 5.22. The van der Waals surface area contributed by atoms with Crippen molar-refractivity contribution in [2.75, 3.05) is 13.1 Å². The van der Waals surface area contributed by atoms with Gasteiger partial charge in [0.05, 0.1) is 0 Å². The van der Waals surface area contributed by atoms with Gasteiger partial charge in [0, 0.05) is 25.2 Å². The summed E-state index contributed by atoms with van der Waals surface area (Å²) in [4.78, 5) is 2.46. The molecule has 2 heteroatoms. The molecule has 0 heterocycles. The van der Waals surface area contributed by atoms with Gasteiger partial charge in [-0.2, -0.15) is 0 Å². The van der Waals surface area contributed by atoms with E-state index < -0.39 is 0 Å². The zero-order valence-electron chi connectivity index (χ0n) is 12.4. The van der Waals surface area contributed by atoms with Crippen LogP contribution in [0.4, 0.5) is 0 Å². The van der Waals surface area contributed by atoms with E-state index in [1.165, 1.54) is 11.1 Å². The third kappa shape index (κ3) is 3.47. The van der Waals surface area contributed by atoms with Crippen LogP contribution in [-0.2, 0) is 0 Å². The number of hydrogen-bond donors (Lipinski definition) is 1. The molecule has 0 aliphatic rings. The van der Waals surface area contributed by atoms with Crippen molar-refractivity contribution in [3.05, 3.63) is 71.8 Å². The molecule has 2 aromatic carbocycles. The zero-order valence-corrected chi connectivity index (χ0v) is 12.4. The van der Waals surface area contributed by atoms with Crippen molar-refractivity contribution in [3.8, 4) is 0 Å². The Labute approximate surface area is 122 Å². The van der Waals surface area contributed by atoms with Crippen LogP contribution in [0.5, 0.6) is 0 Å². The highest BCUT2D eigenvalue weighted by Crippen LogP contribution is 2.29. The van der Waals surface area contributed by atoms with Crippen molar-refractivity contribution in [2.24, 2.45) is 5.73 Å². The molecule has 2 rings (SSSR count). The van der Waals surface area contributed by atoms with Gasteiger partial charge in [0.2, 0.25) is 0 Å². The lowest BCUT2D eigenvalue weighted by atomic mass is 10.0. The molecule has 0 radical (unpaired) electrons. The summed E-state index contributed by atoms with van der Waals surface area (Å²) >= 11 is 0. The Morgan fingerprint density at radius 3 is 1.55 bits per heavy atom. The van der Waals surface area contributed by atoms with Crippen LogP contribution < -0.4 is 5.73 Å². The first-order valence-electron chi connectivity index (χ1n) is 7.29. The fraction of sp³-hybridized carbons (Fsp3) is 0.333. The van der Waals surface area contributed by atoms with Crippen molar-refractivity contribution in [1.82, 2.24) is 4.90 Å². The lowest BCUT2D eigenvalue weighted by Gasteiger charge is -2.35. The highest BCUT2D eigenvalue weighted by atomic mass is 15.2. The average molecular weight is 268 g/mol. The van der Waals surface area contributed by atoms with Crippen LogP contribution >= 0.6 is 0 Å². The SMILES string of the molecule is C[C@@H](c1ccccc1)N(CCN)[C@@H](C)c1ccccc1. The second kappa shape index (κ2) is 7.22. The molecule has 0 fully saturated rings. The van der Waals surface area contributed by atoms with E-state index in [1.54, 1.807) is 0 Å². The van der Waals surface area contributed by atoms with Crippen LogP contribution in [0, 0.1) is 0 Å². The lowest BCUT2D eigenvalue weighted by Crippen LogP contribution is -2.34. The minimum absolute atomic E-state index is 0.356. The van der Waals surface area contributed by atoms with Crippen LogP contribution in [0.25, 0.3) is 0 Å². The van der Waals surface area contributed by atoms with Crippen molar-refractivity contribution in [2.45, 2.75) is 25.9 Å². The summed E-state index contributed by atoms with van der Waals surface area (Å²) in [7, 11) is 0. The van der Waals surface area contributed by atoms with E-state index in [4.69, 9.17) is 5.73 Å². The first-order chi connectivity index (χ1) is 9.74. The lowest BCUT2D eigenvalue weighted by molar-refractivity contribution is 0.159. The van der Waals surface area contributed by atoms with Crippen LogP contribution in [0.2, 0.25) is 0 Å². The molecule has 0 aromatic heterocycles. The molecule has 0 saturated carbocycles. The van der Waals surface area contributed by atoms with E-state index in [-0.39, 0.29) is 0 Å². The Kier molecular flexibility index (Phi) is 5.33. The molecule has 2 nitrogen and oxygen atoms in total. The molecule has 0 aliphatic heterocycles. The van der Waals surface area contributed by atoms with Crippen LogP contribution in [-0.4, -0.2) is 18.0 Å². The number of nitrogens with zero attached hydrogens (tertiary/aromatic N) is 1. The van der Waals surface area contributed by atoms with Gasteiger partial charge in [-0.3, -0.25) is 4.90 Å². The summed E-state index contributed by atoms with van der Waals surface area (Å²) in [6, 6.07) is 22.0. The van der Waals surface area contributed by atoms with Crippen LogP contribution in [0.3, 0.4) is 0 Å². The topological polar surface area (TPSA) is 29.3 Å². The Morgan fingerprint density at radius 2 is 1.20 bits per heavy atom. The minimum Gasteiger partial charge on any atom is -0.329 e. The normalized spacial score (nSPS) is 14.2. The van der Waals surface area contributed by atoms with Gasteiger partial charge < -0.3 is 5.73 Å². The average Bonchev–Trinajstić information content (AvgIpc) is 2.53. The number of benzene rings is 2. The van der Waals surface area contributed by atoms with Gasteiger partial charge in [-0.15, -0.1) is 0 Å². The van der Waals surface area contributed by atoms with Crippen molar-refractivity contribution in [1.29, 1.82) is 0 Å². The molecular weight excluding hydrogens is 244 g/mol. The first kappa shape index (κ1) is 14.8. The van der Waals surface area contributed by atoms with E-state index in [0.29, 0.717) is 18.6 Å². The Bertz CT molecular complexity index is 450. The van der Waals surface area contributed by atoms with Gasteiger partial charge in [0.15, 0.2) is 0 Å². The van der Waals surface area contributed by atoms with Crippen molar-refractivity contribution >= 4 is 0 Å². The van der Waals surface area contributed by atoms with Gasteiger partial charge in [0.25, 0.3) is 0 Å². The van der Waals surface area contributed by atoms with Crippen LogP contribution in [0.1, 0.15) is 37.1 Å². The molecule has 2 N–H and O–H groups in total. The fourth-order valence-electron chi connectivity index (χ4n) is 2.72. The molecule has 0 aliphatic carbocycles. The quantitative estimate of drug-likeness (QED) is 0.864. The standard InChI is InChI=1S/C18H24N2/c1-15(17-9-5-3-6-10-17)20(14-13-19)16(2)18-11-7-4-8-12-18/h3-12,15-16H,13-14,19H2,1-2H3/t15-,16-/m0/s1. The van der Waals surface area contributed by atoms with E-state index >= 15 is 0 Å². The van der Waals surface area contributed by atoms with Gasteiger partial charge in [-0.1, -0.05) is 60.7 Å². The van der Waals surface area contributed by atoms with Gasteiger partial charge >= 0.3 is 0 Å². The number of nitrogens with two attached hydrogens (primary N) is 1. The fourth-order valence-corrected chi connectivity index (χ4v) is 2.72. The zero-order chi connectivity index (χ0) is 14.4. The Morgan fingerprint density at radius 1 is 0.800 bits per heavy atom. The Balaban J connectivity index is 2.22. The maximum absolute atomic E-state index is 5.82. The van der Waals surface area contributed by atoms with Crippen molar-refractivity contribution < 1.29 is 0 Å². The summed E-state index contributed by atoms with van der Waals surface area (Å²) < 4.78 is 0. The van der Waals surface area contributed by atoms with Crippen molar-refractivity contribution in [3.63, 3.8) is 0 Å². The first-order valence-corrected chi connectivity index (χ1v) is 7.29. The molecule has 0 amide bonds. The minimum atomic E-state index is 0.356. The third-order valence-corrected chi connectivity index (χ3v) is 3.95. The summed E-state index contributed by atoms with van der Waals surface area (Å²) in [6.45, 7) is 6.08. The van der Waals surface area contributed by atoms with Gasteiger partial charge in [0.1, 0.15) is 0 Å². The largest absolute Gasteiger partial charge is 0.329 e. The summed E-state index contributed by atoms with van der Waals surface area (Å²) in [5.74, 6) is 0. The second-order valence-corrected chi connectivity index (χ2v) is 5.20. The smallest absolute Gasteiger partial charge is 0.0326 e.